The van der Waals surface area contributed by atoms with Gasteiger partial charge in [0.15, 0.2) is 4.67 Å². The van der Waals surface area contributed by atoms with Crippen LogP contribution >= 0.6 is 43.5 Å². The van der Waals surface area contributed by atoms with Gasteiger partial charge in [0.2, 0.25) is 0 Å². The molecule has 0 atom stereocenters. The number of hydrogen-bond donors (Lipinski definition) is 1. The number of benzene rings is 1. The van der Waals surface area contributed by atoms with Crippen LogP contribution < -0.4 is 5.32 Å². The first-order valence-electron chi connectivity index (χ1n) is 5.56. The fraction of sp³-hybridized carbons (Fsp3) is 0.154. The standard InChI is InChI=1S/C13H10Br2ClNO3/c1-19-13(18)9-4-7(2-3-11(9)16)17-6-8-5-10(14)12(15)20-8/h2-5,17H,6H2,1H3. The topological polar surface area (TPSA) is 51.5 Å². The number of nitrogens with one attached hydrogen (secondary N) is 1. The Bertz CT molecular complexity index is 623. The molecule has 20 heavy (non-hydrogen) atoms. The summed E-state index contributed by atoms with van der Waals surface area (Å²) >= 11 is 12.6. The van der Waals surface area contributed by atoms with E-state index in [2.05, 4.69) is 41.9 Å². The van der Waals surface area contributed by atoms with Crippen LogP contribution in [0.2, 0.25) is 5.02 Å². The van der Waals surface area contributed by atoms with E-state index in [0.29, 0.717) is 21.8 Å². The van der Waals surface area contributed by atoms with Crippen LogP contribution in [0.4, 0.5) is 5.69 Å². The second-order valence-corrected chi connectivity index (χ2v) is 5.86. The van der Waals surface area contributed by atoms with Crippen molar-refractivity contribution >= 4 is 55.1 Å². The molecular weight excluding hydrogens is 413 g/mol. The molecule has 1 N–H and O–H groups in total. The van der Waals surface area contributed by atoms with Gasteiger partial charge >= 0.3 is 5.97 Å². The van der Waals surface area contributed by atoms with Crippen LogP contribution in [0, 0.1) is 0 Å². The zero-order chi connectivity index (χ0) is 14.7. The number of halogens is 3. The third-order valence-electron chi connectivity index (χ3n) is 2.53. The molecule has 1 aromatic carbocycles. The Morgan fingerprint density at radius 3 is 2.75 bits per heavy atom. The first kappa shape index (κ1) is 15.4. The predicted molar refractivity (Wildman–Crippen MR) is 84.2 cm³/mol. The summed E-state index contributed by atoms with van der Waals surface area (Å²) in [5, 5.41) is 3.50. The Morgan fingerprint density at radius 2 is 2.15 bits per heavy atom. The number of carbonyl (C=O) groups is 1. The number of furan rings is 1. The largest absolute Gasteiger partial charge is 0.465 e. The van der Waals surface area contributed by atoms with Crippen molar-refractivity contribution in [3.05, 3.63) is 49.8 Å². The van der Waals surface area contributed by atoms with Gasteiger partial charge in [-0.05, 0) is 56.1 Å². The SMILES string of the molecule is COC(=O)c1cc(NCc2cc(Br)c(Br)o2)ccc1Cl. The summed E-state index contributed by atoms with van der Waals surface area (Å²) in [5.41, 5.74) is 1.07. The molecule has 0 radical (unpaired) electrons. The summed E-state index contributed by atoms with van der Waals surface area (Å²) in [5.74, 6) is 0.278. The number of ether oxygens (including phenoxy) is 1. The van der Waals surface area contributed by atoms with Crippen LogP contribution in [-0.2, 0) is 11.3 Å². The second kappa shape index (κ2) is 6.65. The lowest BCUT2D eigenvalue weighted by atomic mass is 10.2. The maximum atomic E-state index is 11.5. The van der Waals surface area contributed by atoms with Gasteiger partial charge in [0.1, 0.15) is 5.76 Å². The van der Waals surface area contributed by atoms with Crippen molar-refractivity contribution in [1.29, 1.82) is 0 Å². The summed E-state index contributed by atoms with van der Waals surface area (Å²) in [7, 11) is 1.32. The van der Waals surface area contributed by atoms with E-state index in [0.717, 1.165) is 15.9 Å². The van der Waals surface area contributed by atoms with Gasteiger partial charge in [0.25, 0.3) is 0 Å². The quantitative estimate of drug-likeness (QED) is 0.714. The molecule has 0 aliphatic carbocycles. The number of methoxy groups -OCH3 is 1. The number of rotatable bonds is 4. The van der Waals surface area contributed by atoms with E-state index in [1.165, 1.54) is 7.11 Å². The van der Waals surface area contributed by atoms with E-state index in [1.54, 1.807) is 18.2 Å². The molecule has 0 saturated heterocycles. The molecular formula is C13H10Br2ClNO3. The molecule has 0 fully saturated rings. The molecule has 0 amide bonds. The zero-order valence-corrected chi connectivity index (χ0v) is 14.3. The smallest absolute Gasteiger partial charge is 0.339 e. The fourth-order valence-electron chi connectivity index (χ4n) is 1.57. The Morgan fingerprint density at radius 1 is 1.40 bits per heavy atom. The molecule has 0 aliphatic heterocycles. The predicted octanol–water partition coefficient (Wildman–Crippen LogP) is 4.86. The molecule has 0 aliphatic rings. The summed E-state index contributed by atoms with van der Waals surface area (Å²) in [6.45, 7) is 0.479. The van der Waals surface area contributed by atoms with Gasteiger partial charge in [-0.25, -0.2) is 4.79 Å². The van der Waals surface area contributed by atoms with Gasteiger partial charge < -0.3 is 14.5 Å². The number of hydrogen-bond acceptors (Lipinski definition) is 4. The van der Waals surface area contributed by atoms with E-state index in [-0.39, 0.29) is 0 Å². The lowest BCUT2D eigenvalue weighted by molar-refractivity contribution is 0.0601. The minimum Gasteiger partial charge on any atom is -0.465 e. The summed E-state index contributed by atoms with van der Waals surface area (Å²) in [6.07, 6.45) is 0. The molecule has 2 aromatic rings. The molecule has 0 saturated carbocycles. The van der Waals surface area contributed by atoms with Gasteiger partial charge in [-0.1, -0.05) is 11.6 Å². The van der Waals surface area contributed by atoms with E-state index in [1.807, 2.05) is 6.07 Å². The monoisotopic (exact) mass is 421 g/mol. The Balaban J connectivity index is 2.12. The van der Waals surface area contributed by atoms with Crippen molar-refractivity contribution in [1.82, 2.24) is 0 Å². The summed E-state index contributed by atoms with van der Waals surface area (Å²) in [6, 6.07) is 6.92. The molecule has 2 rings (SSSR count). The number of esters is 1. The van der Waals surface area contributed by atoms with Crippen molar-refractivity contribution in [3.63, 3.8) is 0 Å². The highest BCUT2D eigenvalue weighted by molar-refractivity contribution is 9.13. The third-order valence-corrected chi connectivity index (χ3v) is 4.57. The molecule has 4 nitrogen and oxygen atoms in total. The van der Waals surface area contributed by atoms with Gasteiger partial charge in [0.05, 0.1) is 28.7 Å². The van der Waals surface area contributed by atoms with Gasteiger partial charge in [-0.15, -0.1) is 0 Å². The Labute approximate surface area is 137 Å². The van der Waals surface area contributed by atoms with Crippen molar-refractivity contribution in [2.45, 2.75) is 6.54 Å². The van der Waals surface area contributed by atoms with Crippen molar-refractivity contribution in [2.75, 3.05) is 12.4 Å². The maximum Gasteiger partial charge on any atom is 0.339 e. The van der Waals surface area contributed by atoms with Crippen LogP contribution in [0.5, 0.6) is 0 Å². The fourth-order valence-corrected chi connectivity index (χ4v) is 2.42. The normalized spacial score (nSPS) is 10.4. The van der Waals surface area contributed by atoms with Crippen molar-refractivity contribution in [2.24, 2.45) is 0 Å². The van der Waals surface area contributed by atoms with Crippen LogP contribution in [0.25, 0.3) is 0 Å². The Hall–Kier alpha value is -0.980. The van der Waals surface area contributed by atoms with E-state index >= 15 is 0 Å². The van der Waals surface area contributed by atoms with E-state index in [4.69, 9.17) is 16.0 Å². The highest BCUT2D eigenvalue weighted by Crippen LogP contribution is 2.27. The van der Waals surface area contributed by atoms with Gasteiger partial charge in [-0.2, -0.15) is 0 Å². The minimum atomic E-state index is -0.470. The van der Waals surface area contributed by atoms with Crippen molar-refractivity contribution < 1.29 is 13.9 Å². The van der Waals surface area contributed by atoms with E-state index < -0.39 is 5.97 Å². The van der Waals surface area contributed by atoms with Gasteiger partial charge in [0, 0.05) is 5.69 Å². The molecule has 1 heterocycles. The minimum absolute atomic E-state index is 0.320. The number of anilines is 1. The molecule has 106 valence electrons. The van der Waals surface area contributed by atoms with Crippen LogP contribution in [0.15, 0.2) is 37.8 Å². The zero-order valence-electron chi connectivity index (χ0n) is 10.4. The summed E-state index contributed by atoms with van der Waals surface area (Å²) < 4.78 is 11.6. The molecule has 7 heteroatoms. The molecule has 0 spiro atoms. The first-order chi connectivity index (χ1) is 9.51. The Kier molecular flexibility index (Phi) is 5.12. The third kappa shape index (κ3) is 3.56. The average Bonchev–Trinajstić information content (AvgIpc) is 2.76. The second-order valence-electron chi connectivity index (χ2n) is 3.87. The summed E-state index contributed by atoms with van der Waals surface area (Å²) in [4.78, 5) is 11.5. The van der Waals surface area contributed by atoms with Crippen LogP contribution in [0.1, 0.15) is 16.1 Å². The van der Waals surface area contributed by atoms with Crippen LogP contribution in [-0.4, -0.2) is 13.1 Å². The maximum absolute atomic E-state index is 11.5. The first-order valence-corrected chi connectivity index (χ1v) is 7.53. The number of carbonyl (C=O) groups excluding carboxylic acids is 1. The average molecular weight is 423 g/mol. The van der Waals surface area contributed by atoms with Gasteiger partial charge in [-0.3, -0.25) is 0 Å². The highest BCUT2D eigenvalue weighted by atomic mass is 79.9. The molecule has 0 unspecified atom stereocenters. The highest BCUT2D eigenvalue weighted by Gasteiger charge is 2.12. The molecule has 0 bridgehead atoms. The molecule has 1 aromatic heterocycles. The van der Waals surface area contributed by atoms with Crippen molar-refractivity contribution in [3.8, 4) is 0 Å². The lowest BCUT2D eigenvalue weighted by Gasteiger charge is -2.07. The van der Waals surface area contributed by atoms with E-state index in [9.17, 15) is 4.79 Å². The van der Waals surface area contributed by atoms with Crippen LogP contribution in [0.3, 0.4) is 0 Å². The lowest BCUT2D eigenvalue weighted by Crippen LogP contribution is -2.04.